The molecule has 0 spiro atoms. The van der Waals surface area contributed by atoms with E-state index in [1.54, 1.807) is 44.9 Å². The van der Waals surface area contributed by atoms with Gasteiger partial charge in [-0.1, -0.05) is 18.2 Å². The van der Waals surface area contributed by atoms with E-state index in [0.29, 0.717) is 12.1 Å². The lowest BCUT2D eigenvalue weighted by molar-refractivity contribution is -0.118. The maximum atomic E-state index is 12.9. The predicted molar refractivity (Wildman–Crippen MR) is 112 cm³/mol. The van der Waals surface area contributed by atoms with Crippen LogP contribution in [0.25, 0.3) is 10.9 Å². The number of aryl methyl sites for hydroxylation is 2. The maximum absolute atomic E-state index is 12.9. The van der Waals surface area contributed by atoms with Crippen molar-refractivity contribution in [3.63, 3.8) is 0 Å². The van der Waals surface area contributed by atoms with Crippen molar-refractivity contribution in [2.45, 2.75) is 38.8 Å². The summed E-state index contributed by atoms with van der Waals surface area (Å²) in [6.45, 7) is 5.34. The Kier molecular flexibility index (Phi) is 5.63. The zero-order valence-electron chi connectivity index (χ0n) is 17.4. The van der Waals surface area contributed by atoms with Crippen LogP contribution in [0.4, 0.5) is 10.5 Å². The minimum atomic E-state index is -0.809. The van der Waals surface area contributed by atoms with Crippen LogP contribution in [-0.2, 0) is 30.0 Å². The molecule has 0 aliphatic heterocycles. The zero-order chi connectivity index (χ0) is 21.2. The first-order chi connectivity index (χ1) is 13.6. The minimum Gasteiger partial charge on any atom is -0.444 e. The highest BCUT2D eigenvalue weighted by Gasteiger charge is 2.26. The highest BCUT2D eigenvalue weighted by atomic mass is 16.6. The summed E-state index contributed by atoms with van der Waals surface area (Å²) in [6, 6.07) is 7.14. The third kappa shape index (κ3) is 5.16. The number of anilines is 1. The number of hydrogen-bond donors (Lipinski definition) is 2. The fraction of sp³-hybridized carbons (Fsp3) is 0.381. The summed E-state index contributed by atoms with van der Waals surface area (Å²) in [5.74, 6) is -0.336. The highest BCUT2D eigenvalue weighted by Crippen LogP contribution is 2.22. The topological polar surface area (TPSA) is 90.2 Å². The first-order valence-corrected chi connectivity index (χ1v) is 9.44. The molecule has 3 aromatic rings. The number of alkyl carbamates (subject to hydrolysis) is 1. The van der Waals surface area contributed by atoms with Gasteiger partial charge < -0.3 is 19.9 Å². The Morgan fingerprint density at radius 1 is 1.17 bits per heavy atom. The molecule has 8 heteroatoms. The monoisotopic (exact) mass is 397 g/mol. The Bertz CT molecular complexity index is 1030. The van der Waals surface area contributed by atoms with Gasteiger partial charge in [0.15, 0.2) is 0 Å². The van der Waals surface area contributed by atoms with Crippen LogP contribution < -0.4 is 10.6 Å². The van der Waals surface area contributed by atoms with E-state index in [0.717, 1.165) is 16.5 Å². The van der Waals surface area contributed by atoms with E-state index in [1.165, 1.54) is 0 Å². The lowest BCUT2D eigenvalue weighted by Gasteiger charge is -2.23. The normalized spacial score (nSPS) is 12.6. The Balaban J connectivity index is 1.84. The summed E-state index contributed by atoms with van der Waals surface area (Å²) in [4.78, 5) is 25.3. The summed E-state index contributed by atoms with van der Waals surface area (Å²) < 4.78 is 8.95. The largest absolute Gasteiger partial charge is 0.444 e. The quantitative estimate of drug-likeness (QED) is 0.693. The van der Waals surface area contributed by atoms with E-state index in [4.69, 9.17) is 4.74 Å². The van der Waals surface area contributed by atoms with Gasteiger partial charge in [-0.3, -0.25) is 9.48 Å². The van der Waals surface area contributed by atoms with Gasteiger partial charge in [0, 0.05) is 43.8 Å². The minimum absolute atomic E-state index is 0.326. The van der Waals surface area contributed by atoms with Gasteiger partial charge >= 0.3 is 6.09 Å². The van der Waals surface area contributed by atoms with Gasteiger partial charge in [0.2, 0.25) is 5.91 Å². The molecule has 0 saturated carbocycles. The SMILES string of the molecule is Cn1cc(NC(=O)[C@H](Cc2cn(C)c3ccccc23)NC(=O)OC(C)(C)C)cn1. The van der Waals surface area contributed by atoms with Crippen molar-refractivity contribution in [3.05, 3.63) is 48.4 Å². The number of benzene rings is 1. The van der Waals surface area contributed by atoms with Crippen molar-refractivity contribution < 1.29 is 14.3 Å². The number of nitrogens with zero attached hydrogens (tertiary/aromatic N) is 3. The molecule has 8 nitrogen and oxygen atoms in total. The second-order valence-electron chi connectivity index (χ2n) is 8.08. The predicted octanol–water partition coefficient (Wildman–Crippen LogP) is 2.99. The van der Waals surface area contributed by atoms with Gasteiger partial charge in [0.05, 0.1) is 11.9 Å². The Labute approximate surface area is 169 Å². The lowest BCUT2D eigenvalue weighted by atomic mass is 10.0. The summed E-state index contributed by atoms with van der Waals surface area (Å²) in [5, 5.41) is 10.6. The van der Waals surface area contributed by atoms with Crippen molar-refractivity contribution in [2.75, 3.05) is 5.32 Å². The number of para-hydroxylation sites is 1. The number of hydrogen-bond acceptors (Lipinski definition) is 4. The smallest absolute Gasteiger partial charge is 0.408 e. The van der Waals surface area contributed by atoms with Crippen LogP contribution in [0.1, 0.15) is 26.3 Å². The van der Waals surface area contributed by atoms with Crippen LogP contribution in [0.2, 0.25) is 0 Å². The number of ether oxygens (including phenoxy) is 1. The van der Waals surface area contributed by atoms with Gasteiger partial charge in [-0.2, -0.15) is 5.10 Å². The lowest BCUT2D eigenvalue weighted by Crippen LogP contribution is -2.47. The number of aromatic nitrogens is 3. The molecular weight excluding hydrogens is 370 g/mol. The second kappa shape index (κ2) is 7.98. The number of rotatable bonds is 5. The molecule has 0 aliphatic rings. The van der Waals surface area contributed by atoms with Crippen LogP contribution in [0.5, 0.6) is 0 Å². The molecule has 0 fully saturated rings. The third-order valence-electron chi connectivity index (χ3n) is 4.38. The van der Waals surface area contributed by atoms with E-state index in [2.05, 4.69) is 15.7 Å². The average molecular weight is 397 g/mol. The molecule has 3 rings (SSSR count). The molecule has 2 heterocycles. The molecule has 0 radical (unpaired) electrons. The van der Waals surface area contributed by atoms with Gasteiger partial charge in [-0.15, -0.1) is 0 Å². The van der Waals surface area contributed by atoms with E-state index in [-0.39, 0.29) is 5.91 Å². The average Bonchev–Trinajstić information content (AvgIpc) is 3.16. The molecule has 0 saturated heterocycles. The third-order valence-corrected chi connectivity index (χ3v) is 4.38. The van der Waals surface area contributed by atoms with E-state index >= 15 is 0 Å². The number of amides is 2. The molecule has 2 aromatic heterocycles. The number of carbonyl (C=O) groups excluding carboxylic acids is 2. The van der Waals surface area contributed by atoms with Crippen molar-refractivity contribution in [3.8, 4) is 0 Å². The Hall–Kier alpha value is -3.29. The standard InChI is InChI=1S/C21H27N5O3/c1-21(2,3)29-20(28)24-17(19(27)23-15-11-22-26(5)13-15)10-14-12-25(4)18-9-7-6-8-16(14)18/h6-9,11-13,17H,10H2,1-5H3,(H,23,27)(H,24,28)/t17-/m0/s1. The number of carbonyl (C=O) groups is 2. The van der Waals surface area contributed by atoms with Crippen LogP contribution >= 0.6 is 0 Å². The molecular formula is C21H27N5O3. The Morgan fingerprint density at radius 3 is 2.55 bits per heavy atom. The summed E-state index contributed by atoms with van der Waals surface area (Å²) in [6.07, 6.45) is 4.92. The molecule has 2 amide bonds. The number of nitrogens with one attached hydrogen (secondary N) is 2. The van der Waals surface area contributed by atoms with Gasteiger partial charge in [0.1, 0.15) is 11.6 Å². The molecule has 154 valence electrons. The fourth-order valence-corrected chi connectivity index (χ4v) is 3.18. The first kappa shape index (κ1) is 20.4. The van der Waals surface area contributed by atoms with Crippen molar-refractivity contribution in [1.29, 1.82) is 0 Å². The van der Waals surface area contributed by atoms with Gasteiger partial charge in [0.25, 0.3) is 0 Å². The Morgan fingerprint density at radius 2 is 1.90 bits per heavy atom. The van der Waals surface area contributed by atoms with Crippen molar-refractivity contribution in [2.24, 2.45) is 14.1 Å². The highest BCUT2D eigenvalue weighted by molar-refractivity contribution is 5.97. The van der Waals surface area contributed by atoms with Gasteiger partial charge in [-0.05, 0) is 32.4 Å². The molecule has 0 unspecified atom stereocenters. The first-order valence-electron chi connectivity index (χ1n) is 9.44. The summed E-state index contributed by atoms with van der Waals surface area (Å²) >= 11 is 0. The molecule has 2 N–H and O–H groups in total. The molecule has 0 bridgehead atoms. The van der Waals surface area contributed by atoms with Crippen LogP contribution in [0.15, 0.2) is 42.9 Å². The van der Waals surface area contributed by atoms with Crippen LogP contribution in [-0.4, -0.2) is 38.0 Å². The zero-order valence-corrected chi connectivity index (χ0v) is 17.4. The summed E-state index contributed by atoms with van der Waals surface area (Å²) in [5.41, 5.74) is 1.93. The van der Waals surface area contributed by atoms with E-state index in [1.807, 2.05) is 42.1 Å². The molecule has 29 heavy (non-hydrogen) atoms. The molecule has 0 aliphatic carbocycles. The van der Waals surface area contributed by atoms with E-state index in [9.17, 15) is 9.59 Å². The summed E-state index contributed by atoms with van der Waals surface area (Å²) in [7, 11) is 3.72. The van der Waals surface area contributed by atoms with Crippen molar-refractivity contribution in [1.82, 2.24) is 19.7 Å². The van der Waals surface area contributed by atoms with E-state index < -0.39 is 17.7 Å². The maximum Gasteiger partial charge on any atom is 0.408 e. The van der Waals surface area contributed by atoms with Gasteiger partial charge in [-0.25, -0.2) is 4.79 Å². The van der Waals surface area contributed by atoms with Crippen LogP contribution in [0.3, 0.4) is 0 Å². The molecule has 1 atom stereocenters. The van der Waals surface area contributed by atoms with Crippen LogP contribution in [0, 0.1) is 0 Å². The second-order valence-corrected chi connectivity index (χ2v) is 8.08. The molecule has 1 aromatic carbocycles. The number of fused-ring (bicyclic) bond motifs is 1. The fourth-order valence-electron chi connectivity index (χ4n) is 3.18. The van der Waals surface area contributed by atoms with Crippen molar-refractivity contribution >= 4 is 28.6 Å².